The van der Waals surface area contributed by atoms with Crippen LogP contribution in [0.4, 0.5) is 0 Å². The first-order chi connectivity index (χ1) is 20.9. The van der Waals surface area contributed by atoms with Gasteiger partial charge in [-0.2, -0.15) is 0 Å². The molecule has 3 heterocycles. The van der Waals surface area contributed by atoms with Crippen LogP contribution in [0.1, 0.15) is 47.7 Å². The molecule has 2 atom stereocenters. The molecule has 218 valence electrons. The Morgan fingerprint density at radius 1 is 0.977 bits per heavy atom. The summed E-state index contributed by atoms with van der Waals surface area (Å²) in [6.45, 7) is 4.72. The van der Waals surface area contributed by atoms with Crippen LogP contribution in [0.25, 0.3) is 5.76 Å². The molecule has 1 aromatic heterocycles. The Morgan fingerprint density at radius 2 is 1.79 bits per heavy atom. The quantitative estimate of drug-likeness (QED) is 0.148. The number of hydrogen-bond donors (Lipinski definition) is 1. The number of hydrogen-bond acceptors (Lipinski definition) is 7. The molecule has 2 aliphatic rings. The van der Waals surface area contributed by atoms with Gasteiger partial charge in [-0.3, -0.25) is 14.6 Å². The van der Waals surface area contributed by atoms with Crippen LogP contribution >= 0.6 is 0 Å². The van der Waals surface area contributed by atoms with Gasteiger partial charge in [0.2, 0.25) is 0 Å². The second kappa shape index (κ2) is 12.0. The normalized spacial score (nSPS) is 18.8. The van der Waals surface area contributed by atoms with E-state index in [1.807, 2.05) is 56.3 Å². The van der Waals surface area contributed by atoms with Gasteiger partial charge in [-0.15, -0.1) is 0 Å². The largest absolute Gasteiger partial charge is 0.507 e. The highest BCUT2D eigenvalue weighted by molar-refractivity contribution is 6.46. The van der Waals surface area contributed by atoms with Crippen molar-refractivity contribution in [1.82, 2.24) is 9.88 Å². The lowest BCUT2D eigenvalue weighted by Gasteiger charge is -2.26. The van der Waals surface area contributed by atoms with Crippen molar-refractivity contribution >= 4 is 17.4 Å². The number of ether oxygens (including phenoxy) is 3. The summed E-state index contributed by atoms with van der Waals surface area (Å²) in [5.74, 6) is 0.0829. The minimum absolute atomic E-state index is 0.0150. The Hall–Kier alpha value is -5.11. The molecule has 0 saturated carbocycles. The second-order valence-corrected chi connectivity index (χ2v) is 10.7. The van der Waals surface area contributed by atoms with Crippen LogP contribution in [0, 0.1) is 0 Å². The number of rotatable bonds is 9. The standard InChI is InChI=1S/C35H32N2O6/c1-3-41-30-18-25(11-14-29(30)42-21-23-8-5-4-6-9-23)32-31(33(38)26-12-13-28-27(17-26)16-22(2)43-28)34(39)35(40)37(32)20-24-10-7-15-36-19-24/h4-15,17-19,22,32,38H,3,16,20-21H2,1-2H3/t22-,32+/m1/s1. The van der Waals surface area contributed by atoms with E-state index in [9.17, 15) is 14.7 Å². The molecule has 1 N–H and O–H groups in total. The van der Waals surface area contributed by atoms with Crippen LogP contribution in [0.5, 0.6) is 17.2 Å². The molecular formula is C35H32N2O6. The van der Waals surface area contributed by atoms with Crippen LogP contribution in [-0.2, 0) is 29.2 Å². The van der Waals surface area contributed by atoms with Crippen molar-refractivity contribution in [2.75, 3.05) is 6.61 Å². The van der Waals surface area contributed by atoms with E-state index >= 15 is 0 Å². The zero-order valence-corrected chi connectivity index (χ0v) is 24.0. The number of Topliss-reactive ketones (excluding diaryl/α,β-unsaturated/α-hetero) is 1. The highest BCUT2D eigenvalue weighted by Crippen LogP contribution is 2.43. The number of aliphatic hydroxyl groups excluding tert-OH is 1. The van der Waals surface area contributed by atoms with E-state index in [1.165, 1.54) is 4.90 Å². The Balaban J connectivity index is 1.43. The van der Waals surface area contributed by atoms with Gasteiger partial charge in [-0.1, -0.05) is 42.5 Å². The molecule has 0 spiro atoms. The first kappa shape index (κ1) is 28.0. The van der Waals surface area contributed by atoms with E-state index in [4.69, 9.17) is 14.2 Å². The Kier molecular flexibility index (Phi) is 7.83. The van der Waals surface area contributed by atoms with Gasteiger partial charge >= 0.3 is 0 Å². The Labute approximate surface area is 250 Å². The third kappa shape index (κ3) is 5.68. The molecule has 1 amide bonds. The van der Waals surface area contributed by atoms with Gasteiger partial charge < -0.3 is 24.2 Å². The van der Waals surface area contributed by atoms with E-state index < -0.39 is 17.7 Å². The average Bonchev–Trinajstić information content (AvgIpc) is 3.52. The lowest BCUT2D eigenvalue weighted by Crippen LogP contribution is -2.29. The number of aliphatic hydroxyl groups is 1. The number of carbonyl (C=O) groups excluding carboxylic acids is 2. The van der Waals surface area contributed by atoms with E-state index in [2.05, 4.69) is 4.98 Å². The van der Waals surface area contributed by atoms with Gasteiger partial charge in [0.25, 0.3) is 11.7 Å². The molecule has 0 radical (unpaired) electrons. The monoisotopic (exact) mass is 576 g/mol. The summed E-state index contributed by atoms with van der Waals surface area (Å²) in [5, 5.41) is 11.6. The highest BCUT2D eigenvalue weighted by atomic mass is 16.5. The third-order valence-electron chi connectivity index (χ3n) is 7.61. The third-order valence-corrected chi connectivity index (χ3v) is 7.61. The molecule has 0 unspecified atom stereocenters. The summed E-state index contributed by atoms with van der Waals surface area (Å²) >= 11 is 0. The number of aromatic nitrogens is 1. The number of carbonyl (C=O) groups is 2. The van der Waals surface area contributed by atoms with Crippen molar-refractivity contribution < 1.29 is 28.9 Å². The topological polar surface area (TPSA) is 98.2 Å². The van der Waals surface area contributed by atoms with Crippen molar-refractivity contribution in [2.24, 2.45) is 0 Å². The SMILES string of the molecule is CCOc1cc([C@H]2C(=C(O)c3ccc4c(c3)C[C@@H](C)O4)C(=O)C(=O)N2Cc2cccnc2)ccc1OCc1ccccc1. The fraction of sp³-hybridized carbons (Fsp3) is 0.229. The predicted octanol–water partition coefficient (Wildman–Crippen LogP) is 6.00. The maximum Gasteiger partial charge on any atom is 0.295 e. The van der Waals surface area contributed by atoms with Gasteiger partial charge in [-0.05, 0) is 72.5 Å². The summed E-state index contributed by atoms with van der Waals surface area (Å²) in [7, 11) is 0. The van der Waals surface area contributed by atoms with Gasteiger partial charge in [0.15, 0.2) is 11.5 Å². The number of benzene rings is 3. The fourth-order valence-electron chi connectivity index (χ4n) is 5.62. The number of amides is 1. The van der Waals surface area contributed by atoms with E-state index in [0.717, 1.165) is 22.4 Å². The molecular weight excluding hydrogens is 544 g/mol. The van der Waals surface area contributed by atoms with Crippen LogP contribution in [0.3, 0.4) is 0 Å². The lowest BCUT2D eigenvalue weighted by atomic mass is 9.94. The molecule has 2 aliphatic heterocycles. The maximum atomic E-state index is 13.6. The summed E-state index contributed by atoms with van der Waals surface area (Å²) in [5.41, 5.74) is 3.78. The average molecular weight is 577 g/mol. The van der Waals surface area contributed by atoms with E-state index in [-0.39, 0.29) is 24.0 Å². The van der Waals surface area contributed by atoms with Crippen LogP contribution in [0.15, 0.2) is 96.8 Å². The van der Waals surface area contributed by atoms with E-state index in [1.54, 1.807) is 48.8 Å². The molecule has 8 heteroatoms. The molecule has 43 heavy (non-hydrogen) atoms. The second-order valence-electron chi connectivity index (χ2n) is 10.7. The number of ketones is 1. The molecule has 4 aromatic rings. The van der Waals surface area contributed by atoms with E-state index in [0.29, 0.717) is 42.3 Å². The maximum absolute atomic E-state index is 13.6. The van der Waals surface area contributed by atoms with Gasteiger partial charge in [0.05, 0.1) is 18.2 Å². The summed E-state index contributed by atoms with van der Waals surface area (Å²) < 4.78 is 17.9. The molecule has 1 saturated heterocycles. The van der Waals surface area contributed by atoms with Crippen LogP contribution < -0.4 is 14.2 Å². The lowest BCUT2D eigenvalue weighted by molar-refractivity contribution is -0.140. The summed E-state index contributed by atoms with van der Waals surface area (Å²) in [4.78, 5) is 32.8. The molecule has 3 aromatic carbocycles. The first-order valence-electron chi connectivity index (χ1n) is 14.3. The van der Waals surface area contributed by atoms with Gasteiger partial charge in [0, 0.05) is 30.9 Å². The molecule has 0 aliphatic carbocycles. The van der Waals surface area contributed by atoms with Crippen molar-refractivity contribution in [2.45, 2.75) is 45.6 Å². The minimum Gasteiger partial charge on any atom is -0.507 e. The van der Waals surface area contributed by atoms with Crippen molar-refractivity contribution in [3.63, 3.8) is 0 Å². The molecule has 0 bridgehead atoms. The fourth-order valence-corrected chi connectivity index (χ4v) is 5.62. The van der Waals surface area contributed by atoms with Crippen LogP contribution in [0.2, 0.25) is 0 Å². The van der Waals surface area contributed by atoms with Crippen LogP contribution in [-0.4, -0.2) is 39.4 Å². The van der Waals surface area contributed by atoms with Gasteiger partial charge in [-0.25, -0.2) is 0 Å². The summed E-state index contributed by atoms with van der Waals surface area (Å²) in [6, 6.07) is 23.3. The predicted molar refractivity (Wildman–Crippen MR) is 161 cm³/mol. The highest BCUT2D eigenvalue weighted by Gasteiger charge is 2.46. The number of pyridine rings is 1. The zero-order chi connectivity index (χ0) is 29.9. The van der Waals surface area contributed by atoms with Crippen molar-refractivity contribution in [3.8, 4) is 17.2 Å². The minimum atomic E-state index is -0.869. The molecule has 1 fully saturated rings. The van der Waals surface area contributed by atoms with Crippen molar-refractivity contribution in [1.29, 1.82) is 0 Å². The van der Waals surface area contributed by atoms with Crippen molar-refractivity contribution in [3.05, 3.63) is 125 Å². The Morgan fingerprint density at radius 3 is 2.56 bits per heavy atom. The summed E-state index contributed by atoms with van der Waals surface area (Å²) in [6.07, 6.45) is 4.02. The smallest absolute Gasteiger partial charge is 0.295 e. The van der Waals surface area contributed by atoms with Gasteiger partial charge in [0.1, 0.15) is 24.2 Å². The number of likely N-dealkylation sites (tertiary alicyclic amines) is 1. The molecule has 8 nitrogen and oxygen atoms in total. The number of nitrogens with zero attached hydrogens (tertiary/aromatic N) is 2. The zero-order valence-electron chi connectivity index (χ0n) is 24.0. The first-order valence-corrected chi connectivity index (χ1v) is 14.3. The Bertz CT molecular complexity index is 1690. The molecule has 6 rings (SSSR count). The number of fused-ring (bicyclic) bond motifs is 1.